The topological polar surface area (TPSA) is 42.9 Å². The van der Waals surface area contributed by atoms with Crippen LogP contribution in [0.15, 0.2) is 29.3 Å². The molecule has 2 rings (SSSR count). The third kappa shape index (κ3) is 7.62. The van der Waals surface area contributed by atoms with Crippen LogP contribution in [0.4, 0.5) is 23.2 Å². The Morgan fingerprint density at radius 1 is 1.30 bits per heavy atom. The molecule has 1 heterocycles. The standard InChI is InChI=1S/C18H27F4N5/c1-23-17(24-8-11-26(2)13-18(20,21)22)25-15-6-9-27(10-7-15)16-5-3-4-14(19)12-16/h3-5,12,15H,6-11,13H2,1-2H3,(H2,23,24,25). The summed E-state index contributed by atoms with van der Waals surface area (Å²) in [5.41, 5.74) is 0.878. The fourth-order valence-electron chi connectivity index (χ4n) is 3.09. The van der Waals surface area contributed by atoms with E-state index in [9.17, 15) is 17.6 Å². The van der Waals surface area contributed by atoms with Crippen LogP contribution in [0.5, 0.6) is 0 Å². The van der Waals surface area contributed by atoms with Crippen LogP contribution in [0.1, 0.15) is 12.8 Å². The molecule has 0 bridgehead atoms. The Bertz CT molecular complexity index is 612. The van der Waals surface area contributed by atoms with E-state index in [1.54, 1.807) is 13.1 Å². The maximum absolute atomic E-state index is 13.4. The molecule has 0 radical (unpaired) electrons. The van der Waals surface area contributed by atoms with E-state index in [-0.39, 0.29) is 18.4 Å². The third-order valence-electron chi connectivity index (χ3n) is 4.47. The molecule has 0 atom stereocenters. The van der Waals surface area contributed by atoms with Gasteiger partial charge in [0.2, 0.25) is 0 Å². The number of likely N-dealkylation sites (N-methyl/N-ethyl adjacent to an activating group) is 1. The molecule has 1 fully saturated rings. The summed E-state index contributed by atoms with van der Waals surface area (Å²) in [7, 11) is 3.07. The molecular formula is C18H27F4N5. The molecule has 0 spiro atoms. The lowest BCUT2D eigenvalue weighted by Gasteiger charge is -2.34. The summed E-state index contributed by atoms with van der Waals surface area (Å²) in [5, 5.41) is 6.36. The van der Waals surface area contributed by atoms with Crippen molar-refractivity contribution < 1.29 is 17.6 Å². The lowest BCUT2D eigenvalue weighted by Crippen LogP contribution is -2.50. The van der Waals surface area contributed by atoms with E-state index < -0.39 is 12.7 Å². The fourth-order valence-corrected chi connectivity index (χ4v) is 3.09. The van der Waals surface area contributed by atoms with Crippen LogP contribution >= 0.6 is 0 Å². The van der Waals surface area contributed by atoms with E-state index >= 15 is 0 Å². The van der Waals surface area contributed by atoms with Crippen molar-refractivity contribution in [3.63, 3.8) is 0 Å². The lowest BCUT2D eigenvalue weighted by molar-refractivity contribution is -0.142. The molecule has 1 aliphatic heterocycles. The monoisotopic (exact) mass is 389 g/mol. The number of rotatable bonds is 6. The van der Waals surface area contributed by atoms with Crippen molar-refractivity contribution in [1.29, 1.82) is 0 Å². The summed E-state index contributed by atoms with van der Waals surface area (Å²) in [6.07, 6.45) is -2.46. The van der Waals surface area contributed by atoms with Gasteiger partial charge in [0.15, 0.2) is 5.96 Å². The van der Waals surface area contributed by atoms with Gasteiger partial charge in [0.05, 0.1) is 6.54 Å². The number of hydrogen-bond donors (Lipinski definition) is 2. The van der Waals surface area contributed by atoms with Crippen LogP contribution in [-0.4, -0.2) is 69.9 Å². The van der Waals surface area contributed by atoms with E-state index in [0.29, 0.717) is 12.5 Å². The number of nitrogens with zero attached hydrogens (tertiary/aromatic N) is 3. The van der Waals surface area contributed by atoms with Crippen LogP contribution in [0.25, 0.3) is 0 Å². The predicted molar refractivity (Wildman–Crippen MR) is 99.7 cm³/mol. The number of guanidine groups is 1. The van der Waals surface area contributed by atoms with Gasteiger partial charge in [-0.1, -0.05) is 6.07 Å². The minimum atomic E-state index is -4.19. The molecule has 5 nitrogen and oxygen atoms in total. The van der Waals surface area contributed by atoms with E-state index in [2.05, 4.69) is 20.5 Å². The summed E-state index contributed by atoms with van der Waals surface area (Å²) < 4.78 is 50.3. The molecule has 0 amide bonds. The Morgan fingerprint density at radius 2 is 2.00 bits per heavy atom. The third-order valence-corrected chi connectivity index (χ3v) is 4.47. The van der Waals surface area contributed by atoms with E-state index in [0.717, 1.165) is 31.6 Å². The summed E-state index contributed by atoms with van der Waals surface area (Å²) >= 11 is 0. The number of benzene rings is 1. The zero-order valence-corrected chi connectivity index (χ0v) is 15.7. The molecular weight excluding hydrogens is 362 g/mol. The van der Waals surface area contributed by atoms with Crippen molar-refractivity contribution in [2.75, 3.05) is 51.7 Å². The molecule has 9 heteroatoms. The van der Waals surface area contributed by atoms with Gasteiger partial charge in [0.25, 0.3) is 0 Å². The lowest BCUT2D eigenvalue weighted by atomic mass is 10.0. The van der Waals surface area contributed by atoms with E-state index in [4.69, 9.17) is 0 Å². The smallest absolute Gasteiger partial charge is 0.371 e. The summed E-state index contributed by atoms with van der Waals surface area (Å²) in [5.74, 6) is 0.340. The highest BCUT2D eigenvalue weighted by atomic mass is 19.4. The van der Waals surface area contributed by atoms with Gasteiger partial charge in [0, 0.05) is 45.0 Å². The first kappa shape index (κ1) is 21.3. The molecule has 1 aliphatic rings. The zero-order valence-electron chi connectivity index (χ0n) is 15.7. The number of piperidine rings is 1. The van der Waals surface area contributed by atoms with Crippen LogP contribution in [0.3, 0.4) is 0 Å². The first-order valence-electron chi connectivity index (χ1n) is 9.00. The highest BCUT2D eigenvalue weighted by Crippen LogP contribution is 2.20. The second-order valence-electron chi connectivity index (χ2n) is 6.74. The van der Waals surface area contributed by atoms with Crippen LogP contribution < -0.4 is 15.5 Å². The first-order chi connectivity index (χ1) is 12.8. The van der Waals surface area contributed by atoms with Gasteiger partial charge in [-0.25, -0.2) is 4.39 Å². The number of halogens is 4. The number of alkyl halides is 3. The van der Waals surface area contributed by atoms with E-state index in [1.807, 2.05) is 6.07 Å². The van der Waals surface area contributed by atoms with Crippen molar-refractivity contribution in [3.8, 4) is 0 Å². The van der Waals surface area contributed by atoms with Crippen LogP contribution in [0, 0.1) is 5.82 Å². The summed E-state index contributed by atoms with van der Waals surface area (Å²) in [6.45, 7) is 1.30. The first-order valence-corrected chi connectivity index (χ1v) is 9.00. The molecule has 0 aromatic heterocycles. The van der Waals surface area contributed by atoms with Crippen LogP contribution in [-0.2, 0) is 0 Å². The highest BCUT2D eigenvalue weighted by molar-refractivity contribution is 5.80. The molecule has 0 unspecified atom stereocenters. The predicted octanol–water partition coefficient (Wildman–Crippen LogP) is 2.45. The van der Waals surface area contributed by atoms with Gasteiger partial charge >= 0.3 is 6.18 Å². The Hall–Kier alpha value is -2.03. The zero-order chi connectivity index (χ0) is 19.9. The Morgan fingerprint density at radius 3 is 2.59 bits per heavy atom. The SMILES string of the molecule is CN=C(NCCN(C)CC(F)(F)F)NC1CCN(c2cccc(F)c2)CC1. The van der Waals surface area contributed by atoms with Gasteiger partial charge in [-0.15, -0.1) is 0 Å². The molecule has 0 aliphatic carbocycles. The molecule has 0 saturated carbocycles. The summed E-state index contributed by atoms with van der Waals surface area (Å²) in [6, 6.07) is 6.78. The second-order valence-corrected chi connectivity index (χ2v) is 6.74. The van der Waals surface area contributed by atoms with Crippen molar-refractivity contribution in [1.82, 2.24) is 15.5 Å². The normalized spacial score (nSPS) is 16.7. The largest absolute Gasteiger partial charge is 0.401 e. The number of anilines is 1. The minimum Gasteiger partial charge on any atom is -0.371 e. The molecule has 27 heavy (non-hydrogen) atoms. The average molecular weight is 389 g/mol. The van der Waals surface area contributed by atoms with E-state index in [1.165, 1.54) is 24.1 Å². The van der Waals surface area contributed by atoms with Gasteiger partial charge in [-0.05, 0) is 38.1 Å². The van der Waals surface area contributed by atoms with Gasteiger partial charge in [-0.2, -0.15) is 13.2 Å². The highest BCUT2D eigenvalue weighted by Gasteiger charge is 2.28. The van der Waals surface area contributed by atoms with Gasteiger partial charge < -0.3 is 15.5 Å². The van der Waals surface area contributed by atoms with Crippen molar-refractivity contribution >= 4 is 11.6 Å². The minimum absolute atomic E-state index is 0.217. The van der Waals surface area contributed by atoms with Crippen molar-refractivity contribution in [3.05, 3.63) is 30.1 Å². The average Bonchev–Trinajstić information content (AvgIpc) is 2.60. The van der Waals surface area contributed by atoms with Crippen molar-refractivity contribution in [2.24, 2.45) is 4.99 Å². The molecule has 152 valence electrons. The molecule has 1 aromatic carbocycles. The Labute approximate surface area is 157 Å². The second kappa shape index (κ2) is 9.77. The molecule has 1 saturated heterocycles. The number of aliphatic imine (C=N–C) groups is 1. The summed E-state index contributed by atoms with van der Waals surface area (Å²) in [4.78, 5) is 7.50. The maximum atomic E-state index is 13.4. The Balaban J connectivity index is 1.71. The maximum Gasteiger partial charge on any atom is 0.401 e. The fraction of sp³-hybridized carbons (Fsp3) is 0.611. The van der Waals surface area contributed by atoms with Crippen molar-refractivity contribution in [2.45, 2.75) is 25.1 Å². The van der Waals surface area contributed by atoms with Gasteiger partial charge in [-0.3, -0.25) is 9.89 Å². The quantitative estimate of drug-likeness (QED) is 0.446. The van der Waals surface area contributed by atoms with Gasteiger partial charge in [0.1, 0.15) is 5.82 Å². The number of hydrogen-bond acceptors (Lipinski definition) is 3. The molecule has 2 N–H and O–H groups in total. The molecule has 1 aromatic rings. The number of nitrogens with one attached hydrogen (secondary N) is 2. The Kier molecular flexibility index (Phi) is 7.70. The van der Waals surface area contributed by atoms with Crippen LogP contribution in [0.2, 0.25) is 0 Å².